The Labute approximate surface area is 144 Å². The predicted octanol–water partition coefficient (Wildman–Crippen LogP) is 3.31. The summed E-state index contributed by atoms with van der Waals surface area (Å²) in [5.41, 5.74) is 4.32. The summed E-state index contributed by atoms with van der Waals surface area (Å²) in [5.74, 6) is 1.03. The van der Waals surface area contributed by atoms with Gasteiger partial charge in [-0.1, -0.05) is 54.6 Å². The number of fused-ring (bicyclic) bond motifs is 1. The molecule has 0 aliphatic heterocycles. The normalized spacial score (nSPS) is 10.8. The summed E-state index contributed by atoms with van der Waals surface area (Å²) in [7, 11) is 1.77. The number of benzene rings is 2. The van der Waals surface area contributed by atoms with Crippen LogP contribution in [0.4, 0.5) is 5.95 Å². The highest BCUT2D eigenvalue weighted by Crippen LogP contribution is 2.30. The molecule has 0 spiro atoms. The number of rotatable bonds is 4. The second-order valence-corrected chi connectivity index (χ2v) is 5.54. The zero-order chi connectivity index (χ0) is 17.2. The molecule has 122 valence electrons. The highest BCUT2D eigenvalue weighted by Gasteiger charge is 2.14. The van der Waals surface area contributed by atoms with Crippen LogP contribution in [0, 0.1) is 0 Å². The Kier molecular flexibility index (Phi) is 3.70. The molecule has 6 heteroatoms. The zero-order valence-electron chi connectivity index (χ0n) is 13.5. The first kappa shape index (κ1) is 15.0. The van der Waals surface area contributed by atoms with Crippen molar-refractivity contribution in [3.63, 3.8) is 0 Å². The van der Waals surface area contributed by atoms with Crippen LogP contribution in [0.25, 0.3) is 28.2 Å². The van der Waals surface area contributed by atoms with Gasteiger partial charge in [-0.25, -0.2) is 9.50 Å². The molecule has 0 bridgehead atoms. The van der Waals surface area contributed by atoms with Crippen LogP contribution < -0.4 is 5.32 Å². The third kappa shape index (κ3) is 2.74. The Balaban J connectivity index is 1.97. The summed E-state index contributed by atoms with van der Waals surface area (Å²) < 4.78 is 1.66. The quantitative estimate of drug-likeness (QED) is 0.582. The van der Waals surface area contributed by atoms with Crippen LogP contribution in [0.1, 0.15) is 10.4 Å². The molecule has 1 N–H and O–H groups in total. The van der Waals surface area contributed by atoms with E-state index < -0.39 is 0 Å². The number of hydrogen-bond acceptors (Lipinski definition) is 5. The summed E-state index contributed by atoms with van der Waals surface area (Å²) in [5, 5.41) is 7.29. The summed E-state index contributed by atoms with van der Waals surface area (Å²) in [6.45, 7) is 0. The van der Waals surface area contributed by atoms with Crippen LogP contribution in [-0.4, -0.2) is 32.9 Å². The second-order valence-electron chi connectivity index (χ2n) is 5.54. The fourth-order valence-corrected chi connectivity index (χ4v) is 2.70. The minimum absolute atomic E-state index is 0.512. The van der Waals surface area contributed by atoms with Gasteiger partial charge in [0.05, 0.1) is 5.69 Å². The number of carbonyl (C=O) groups is 1. The van der Waals surface area contributed by atoms with Crippen molar-refractivity contribution >= 4 is 18.0 Å². The van der Waals surface area contributed by atoms with Crippen molar-refractivity contribution in [3.05, 3.63) is 66.4 Å². The van der Waals surface area contributed by atoms with E-state index in [-0.39, 0.29) is 0 Å². The standard InChI is InChI=1S/C19H15N5O/c1-20-18-22-19-21-17(15-9-7-13(12-25)8-10-15)16(11-24(19)23-18)14-5-3-2-4-6-14/h2-12H,1H3,(H,20,23). The van der Waals surface area contributed by atoms with E-state index in [0.717, 1.165) is 28.7 Å². The molecular formula is C19H15N5O. The molecule has 4 aromatic rings. The van der Waals surface area contributed by atoms with Crippen molar-refractivity contribution in [2.24, 2.45) is 0 Å². The molecular weight excluding hydrogens is 314 g/mol. The summed E-state index contributed by atoms with van der Waals surface area (Å²) in [6.07, 6.45) is 2.75. The van der Waals surface area contributed by atoms with Crippen LogP contribution >= 0.6 is 0 Å². The monoisotopic (exact) mass is 329 g/mol. The topological polar surface area (TPSA) is 72.2 Å². The minimum Gasteiger partial charge on any atom is -0.356 e. The maximum Gasteiger partial charge on any atom is 0.254 e. The number of anilines is 1. The van der Waals surface area contributed by atoms with E-state index in [1.807, 2.05) is 48.7 Å². The molecule has 0 atom stereocenters. The summed E-state index contributed by atoms with van der Waals surface area (Å²) in [4.78, 5) is 20.0. The van der Waals surface area contributed by atoms with Crippen molar-refractivity contribution in [1.29, 1.82) is 0 Å². The van der Waals surface area contributed by atoms with Crippen LogP contribution in [0.3, 0.4) is 0 Å². The molecule has 4 rings (SSSR count). The Bertz CT molecular complexity index is 1040. The number of nitrogens with one attached hydrogen (secondary N) is 1. The number of aromatic nitrogens is 4. The summed E-state index contributed by atoms with van der Waals surface area (Å²) in [6, 6.07) is 17.4. The molecule has 0 fully saturated rings. The lowest BCUT2D eigenvalue weighted by molar-refractivity contribution is 0.112. The van der Waals surface area contributed by atoms with Gasteiger partial charge in [-0.3, -0.25) is 4.79 Å². The van der Waals surface area contributed by atoms with E-state index in [9.17, 15) is 4.79 Å². The smallest absolute Gasteiger partial charge is 0.254 e. The molecule has 0 saturated carbocycles. The lowest BCUT2D eigenvalue weighted by Crippen LogP contribution is -1.97. The Morgan fingerprint density at radius 2 is 1.72 bits per heavy atom. The van der Waals surface area contributed by atoms with Crippen molar-refractivity contribution in [2.45, 2.75) is 0 Å². The molecule has 6 nitrogen and oxygen atoms in total. The molecule has 2 aromatic heterocycles. The lowest BCUT2D eigenvalue weighted by atomic mass is 10.0. The minimum atomic E-state index is 0.512. The maximum atomic E-state index is 10.9. The van der Waals surface area contributed by atoms with Gasteiger partial charge in [0.2, 0.25) is 5.95 Å². The maximum absolute atomic E-state index is 10.9. The van der Waals surface area contributed by atoms with Crippen molar-refractivity contribution in [2.75, 3.05) is 12.4 Å². The van der Waals surface area contributed by atoms with Gasteiger partial charge in [0, 0.05) is 29.9 Å². The molecule has 0 radical (unpaired) electrons. The van der Waals surface area contributed by atoms with Crippen molar-refractivity contribution < 1.29 is 4.79 Å². The van der Waals surface area contributed by atoms with Crippen LogP contribution in [-0.2, 0) is 0 Å². The SMILES string of the molecule is CNc1nc2nc(-c3ccc(C=O)cc3)c(-c3ccccc3)cn2n1. The molecule has 2 heterocycles. The second kappa shape index (κ2) is 6.16. The number of nitrogens with zero attached hydrogens (tertiary/aromatic N) is 4. The van der Waals surface area contributed by atoms with E-state index in [2.05, 4.69) is 15.4 Å². The molecule has 0 aliphatic carbocycles. The molecule has 2 aromatic carbocycles. The van der Waals surface area contributed by atoms with Gasteiger partial charge in [-0.2, -0.15) is 4.98 Å². The number of carbonyl (C=O) groups excluding carboxylic acids is 1. The number of aldehydes is 1. The first-order valence-electron chi connectivity index (χ1n) is 7.84. The van der Waals surface area contributed by atoms with Gasteiger partial charge < -0.3 is 5.32 Å². The Hall–Kier alpha value is -3.54. The highest BCUT2D eigenvalue weighted by molar-refractivity contribution is 5.83. The van der Waals surface area contributed by atoms with E-state index >= 15 is 0 Å². The lowest BCUT2D eigenvalue weighted by Gasteiger charge is -2.09. The van der Waals surface area contributed by atoms with Gasteiger partial charge in [0.1, 0.15) is 6.29 Å². The first-order chi connectivity index (χ1) is 12.3. The largest absolute Gasteiger partial charge is 0.356 e. The summed E-state index contributed by atoms with van der Waals surface area (Å²) >= 11 is 0. The predicted molar refractivity (Wildman–Crippen MR) is 96.6 cm³/mol. The van der Waals surface area contributed by atoms with E-state index in [0.29, 0.717) is 17.3 Å². The fraction of sp³-hybridized carbons (Fsp3) is 0.0526. The van der Waals surface area contributed by atoms with Crippen LogP contribution in [0.15, 0.2) is 60.8 Å². The van der Waals surface area contributed by atoms with Crippen molar-refractivity contribution in [1.82, 2.24) is 19.6 Å². The molecule has 0 aliphatic rings. The van der Waals surface area contributed by atoms with E-state index in [1.54, 1.807) is 23.7 Å². The highest BCUT2D eigenvalue weighted by atomic mass is 16.1. The zero-order valence-corrected chi connectivity index (χ0v) is 13.5. The van der Waals surface area contributed by atoms with Crippen LogP contribution in [0.5, 0.6) is 0 Å². The van der Waals surface area contributed by atoms with Gasteiger partial charge in [-0.05, 0) is 5.56 Å². The van der Waals surface area contributed by atoms with Crippen molar-refractivity contribution in [3.8, 4) is 22.4 Å². The van der Waals surface area contributed by atoms with Gasteiger partial charge in [0.15, 0.2) is 0 Å². The molecule has 0 saturated heterocycles. The average Bonchev–Trinajstić information content (AvgIpc) is 3.10. The van der Waals surface area contributed by atoms with Gasteiger partial charge in [-0.15, -0.1) is 5.10 Å². The Morgan fingerprint density at radius 3 is 2.40 bits per heavy atom. The number of hydrogen-bond donors (Lipinski definition) is 1. The average molecular weight is 329 g/mol. The third-order valence-electron chi connectivity index (χ3n) is 3.96. The van der Waals surface area contributed by atoms with E-state index in [4.69, 9.17) is 4.98 Å². The molecule has 25 heavy (non-hydrogen) atoms. The van der Waals surface area contributed by atoms with E-state index in [1.165, 1.54) is 0 Å². The van der Waals surface area contributed by atoms with Crippen LogP contribution in [0.2, 0.25) is 0 Å². The fourth-order valence-electron chi connectivity index (χ4n) is 2.70. The first-order valence-corrected chi connectivity index (χ1v) is 7.84. The van der Waals surface area contributed by atoms with Gasteiger partial charge in [0.25, 0.3) is 5.78 Å². The van der Waals surface area contributed by atoms with Gasteiger partial charge >= 0.3 is 0 Å². The molecule has 0 unspecified atom stereocenters. The third-order valence-corrected chi connectivity index (χ3v) is 3.96. The Morgan fingerprint density at radius 1 is 0.960 bits per heavy atom. The molecule has 0 amide bonds.